The number of hydrogen-bond donors (Lipinski definition) is 2. The van der Waals surface area contributed by atoms with Crippen molar-refractivity contribution in [3.63, 3.8) is 0 Å². The van der Waals surface area contributed by atoms with Gasteiger partial charge < -0.3 is 10.1 Å². The van der Waals surface area contributed by atoms with Crippen molar-refractivity contribution < 1.29 is 9.53 Å². The molecule has 2 N–H and O–H groups in total. The molecule has 0 saturated carbocycles. The number of anilines is 1. The molecule has 1 aromatic carbocycles. The first-order valence-electron chi connectivity index (χ1n) is 9.79. The van der Waals surface area contributed by atoms with Gasteiger partial charge in [-0.1, -0.05) is 24.6 Å². The van der Waals surface area contributed by atoms with Crippen molar-refractivity contribution in [3.8, 4) is 11.6 Å². The lowest BCUT2D eigenvalue weighted by molar-refractivity contribution is -0.122. The second-order valence-electron chi connectivity index (χ2n) is 7.11. The first-order valence-corrected chi connectivity index (χ1v) is 9.79. The van der Waals surface area contributed by atoms with Crippen molar-refractivity contribution in [2.24, 2.45) is 0 Å². The van der Waals surface area contributed by atoms with Crippen molar-refractivity contribution in [2.75, 3.05) is 11.9 Å². The smallest absolute Gasteiger partial charge is 0.241 e. The number of aromatic nitrogens is 4. The monoisotopic (exact) mass is 392 g/mol. The molecule has 1 atom stereocenters. The van der Waals surface area contributed by atoms with Crippen LogP contribution < -0.4 is 10.1 Å². The van der Waals surface area contributed by atoms with Gasteiger partial charge in [0.05, 0.1) is 24.5 Å². The normalized spacial score (nSPS) is 17.1. The molecular formula is C21H24N6O2. The number of rotatable bonds is 6. The topological polar surface area (TPSA) is 96.0 Å². The molecular weight excluding hydrogens is 368 g/mol. The number of likely N-dealkylation sites (tertiary alicyclic amines) is 1. The fourth-order valence-corrected chi connectivity index (χ4v) is 3.47. The molecule has 150 valence electrons. The van der Waals surface area contributed by atoms with Crippen LogP contribution in [-0.4, -0.2) is 43.6 Å². The number of carbonyl (C=O) groups excluding carboxylic acids is 1. The molecule has 3 heterocycles. The molecule has 8 nitrogen and oxygen atoms in total. The summed E-state index contributed by atoms with van der Waals surface area (Å²) in [4.78, 5) is 23.7. The molecule has 3 aromatic rings. The van der Waals surface area contributed by atoms with E-state index in [0.717, 1.165) is 37.4 Å². The molecule has 0 bridgehead atoms. The van der Waals surface area contributed by atoms with Crippen LogP contribution in [0.25, 0.3) is 0 Å². The van der Waals surface area contributed by atoms with E-state index in [1.807, 2.05) is 37.3 Å². The third-order valence-electron chi connectivity index (χ3n) is 4.87. The summed E-state index contributed by atoms with van der Waals surface area (Å²) in [5.74, 6) is 2.66. The third kappa shape index (κ3) is 4.97. The molecule has 29 heavy (non-hydrogen) atoms. The second-order valence-corrected chi connectivity index (χ2v) is 7.11. The molecule has 4 rings (SSSR count). The van der Waals surface area contributed by atoms with E-state index in [1.54, 1.807) is 18.3 Å². The van der Waals surface area contributed by atoms with Crippen LogP contribution in [-0.2, 0) is 11.3 Å². The Hall–Kier alpha value is -3.26. The Morgan fingerprint density at radius 2 is 2.10 bits per heavy atom. The molecule has 0 spiro atoms. The Kier molecular flexibility index (Phi) is 5.81. The molecule has 1 fully saturated rings. The predicted octanol–water partition coefficient (Wildman–Crippen LogP) is 3.29. The van der Waals surface area contributed by atoms with E-state index >= 15 is 0 Å². The van der Waals surface area contributed by atoms with Gasteiger partial charge in [0.15, 0.2) is 5.82 Å². The van der Waals surface area contributed by atoms with Crippen LogP contribution in [0.3, 0.4) is 0 Å². The standard InChI is InChI=1S/C21H24N6O2/c1-15-23-19(26-25-15)14-27-12-6-5-9-18(27)21(28)24-16-10-11-20(22-13-16)29-17-7-3-2-4-8-17/h2-4,7-8,10-11,13,18H,5-6,9,12,14H2,1H3,(H,24,28)(H,23,25,26)/t18-/m1/s1. The van der Waals surface area contributed by atoms with Gasteiger partial charge in [0.1, 0.15) is 11.6 Å². The Balaban J connectivity index is 1.38. The van der Waals surface area contributed by atoms with Crippen LogP contribution in [0.1, 0.15) is 30.9 Å². The maximum Gasteiger partial charge on any atom is 0.241 e. The first-order chi connectivity index (χ1) is 14.2. The molecule has 0 aliphatic carbocycles. The predicted molar refractivity (Wildman–Crippen MR) is 109 cm³/mol. The highest BCUT2D eigenvalue weighted by molar-refractivity contribution is 5.94. The maximum absolute atomic E-state index is 12.9. The van der Waals surface area contributed by atoms with Gasteiger partial charge in [-0.05, 0) is 44.5 Å². The van der Waals surface area contributed by atoms with Crippen LogP contribution in [0.15, 0.2) is 48.7 Å². The molecule has 2 aromatic heterocycles. The van der Waals surface area contributed by atoms with Gasteiger partial charge in [0, 0.05) is 6.07 Å². The zero-order valence-corrected chi connectivity index (χ0v) is 16.3. The minimum atomic E-state index is -0.206. The number of ether oxygens (including phenoxy) is 1. The van der Waals surface area contributed by atoms with Crippen LogP contribution in [0, 0.1) is 6.92 Å². The summed E-state index contributed by atoms with van der Waals surface area (Å²) >= 11 is 0. The highest BCUT2D eigenvalue weighted by atomic mass is 16.5. The van der Waals surface area contributed by atoms with Crippen LogP contribution in [0.2, 0.25) is 0 Å². The summed E-state index contributed by atoms with van der Waals surface area (Å²) in [5, 5.41) is 10.0. The Morgan fingerprint density at radius 3 is 2.83 bits per heavy atom. The fourth-order valence-electron chi connectivity index (χ4n) is 3.47. The van der Waals surface area contributed by atoms with E-state index in [0.29, 0.717) is 23.9 Å². The summed E-state index contributed by atoms with van der Waals surface area (Å²) in [5.41, 5.74) is 0.648. The van der Waals surface area contributed by atoms with E-state index < -0.39 is 0 Å². The van der Waals surface area contributed by atoms with E-state index in [-0.39, 0.29) is 11.9 Å². The number of amides is 1. The Morgan fingerprint density at radius 1 is 1.24 bits per heavy atom. The quantitative estimate of drug-likeness (QED) is 0.668. The molecule has 1 saturated heterocycles. The summed E-state index contributed by atoms with van der Waals surface area (Å²) in [6, 6.07) is 12.8. The minimum Gasteiger partial charge on any atom is -0.439 e. The Bertz CT molecular complexity index is 941. The lowest BCUT2D eigenvalue weighted by Crippen LogP contribution is -2.46. The lowest BCUT2D eigenvalue weighted by atomic mass is 10.0. The van der Waals surface area contributed by atoms with E-state index in [9.17, 15) is 4.79 Å². The number of benzene rings is 1. The number of hydrogen-bond acceptors (Lipinski definition) is 6. The third-order valence-corrected chi connectivity index (χ3v) is 4.87. The number of piperidine rings is 1. The maximum atomic E-state index is 12.9. The number of nitrogens with zero attached hydrogens (tertiary/aromatic N) is 4. The zero-order valence-electron chi connectivity index (χ0n) is 16.3. The van der Waals surface area contributed by atoms with Crippen molar-refractivity contribution in [2.45, 2.75) is 38.8 Å². The molecule has 0 unspecified atom stereocenters. The SMILES string of the molecule is Cc1nc(CN2CCCC[C@@H]2C(=O)Nc2ccc(Oc3ccccc3)nc2)n[nH]1. The van der Waals surface area contributed by atoms with Gasteiger partial charge in [0.25, 0.3) is 0 Å². The number of nitrogens with one attached hydrogen (secondary N) is 2. The molecule has 1 aliphatic rings. The van der Waals surface area contributed by atoms with Crippen LogP contribution in [0.4, 0.5) is 5.69 Å². The van der Waals surface area contributed by atoms with Crippen molar-refractivity contribution in [1.29, 1.82) is 0 Å². The van der Waals surface area contributed by atoms with Crippen molar-refractivity contribution in [3.05, 3.63) is 60.3 Å². The minimum absolute atomic E-state index is 0.0320. The summed E-state index contributed by atoms with van der Waals surface area (Å²) in [7, 11) is 0. The van der Waals surface area contributed by atoms with Crippen LogP contribution in [0.5, 0.6) is 11.6 Å². The van der Waals surface area contributed by atoms with Gasteiger partial charge in [-0.3, -0.25) is 14.8 Å². The first kappa shape index (κ1) is 19.1. The fraction of sp³-hybridized carbons (Fsp3) is 0.333. The average Bonchev–Trinajstić information content (AvgIpc) is 3.15. The molecule has 8 heteroatoms. The van der Waals surface area contributed by atoms with Gasteiger partial charge >= 0.3 is 0 Å². The molecule has 1 aliphatic heterocycles. The molecule has 1 amide bonds. The molecule has 0 radical (unpaired) electrons. The largest absolute Gasteiger partial charge is 0.439 e. The summed E-state index contributed by atoms with van der Waals surface area (Å²) in [6.07, 6.45) is 4.53. The number of aryl methyl sites for hydroxylation is 1. The van der Waals surface area contributed by atoms with Gasteiger partial charge in [-0.15, -0.1) is 0 Å². The van der Waals surface area contributed by atoms with Gasteiger partial charge in [0.2, 0.25) is 11.8 Å². The Labute approximate surface area is 169 Å². The number of aromatic amines is 1. The van der Waals surface area contributed by atoms with Crippen molar-refractivity contribution in [1.82, 2.24) is 25.1 Å². The average molecular weight is 392 g/mol. The number of para-hydroxylation sites is 1. The summed E-state index contributed by atoms with van der Waals surface area (Å²) in [6.45, 7) is 3.29. The summed E-state index contributed by atoms with van der Waals surface area (Å²) < 4.78 is 5.69. The van der Waals surface area contributed by atoms with Gasteiger partial charge in [-0.2, -0.15) is 5.10 Å². The number of carbonyl (C=O) groups is 1. The highest BCUT2D eigenvalue weighted by Crippen LogP contribution is 2.22. The second kappa shape index (κ2) is 8.83. The lowest BCUT2D eigenvalue weighted by Gasteiger charge is -2.33. The number of H-pyrrole nitrogens is 1. The van der Waals surface area contributed by atoms with E-state index in [4.69, 9.17) is 4.74 Å². The van der Waals surface area contributed by atoms with E-state index in [1.165, 1.54) is 0 Å². The highest BCUT2D eigenvalue weighted by Gasteiger charge is 2.29. The van der Waals surface area contributed by atoms with Gasteiger partial charge in [-0.25, -0.2) is 9.97 Å². The zero-order chi connectivity index (χ0) is 20.1. The number of pyridine rings is 1. The van der Waals surface area contributed by atoms with Crippen molar-refractivity contribution >= 4 is 11.6 Å². The van der Waals surface area contributed by atoms with Crippen LogP contribution >= 0.6 is 0 Å². The van der Waals surface area contributed by atoms with E-state index in [2.05, 4.69) is 30.4 Å².